The Morgan fingerprint density at radius 1 is 0.714 bits per heavy atom. The molecule has 118 valence electrons. The van der Waals surface area contributed by atoms with Gasteiger partial charge in [-0.2, -0.15) is 0 Å². The van der Waals surface area contributed by atoms with Gasteiger partial charge < -0.3 is 18.7 Å². The van der Waals surface area contributed by atoms with Crippen molar-refractivity contribution in [2.75, 3.05) is 0 Å². The Balaban J connectivity index is 1.72. The minimum atomic E-state index is -0.309. The van der Waals surface area contributed by atoms with Gasteiger partial charge in [0.1, 0.15) is 0 Å². The van der Waals surface area contributed by atoms with Crippen molar-refractivity contribution >= 4 is 14.0 Å². The van der Waals surface area contributed by atoms with Crippen LogP contribution < -0.4 is 0 Å². The summed E-state index contributed by atoms with van der Waals surface area (Å²) in [4.78, 5) is 0. The van der Waals surface area contributed by atoms with E-state index in [9.17, 15) is 0 Å². The first-order valence-corrected chi connectivity index (χ1v) is 8.08. The van der Waals surface area contributed by atoms with E-state index in [1.54, 1.807) is 0 Å². The van der Waals surface area contributed by atoms with E-state index < -0.39 is 0 Å². The second kappa shape index (κ2) is 4.28. The van der Waals surface area contributed by atoms with E-state index in [0.717, 1.165) is 6.42 Å². The Morgan fingerprint density at radius 3 is 1.71 bits per heavy atom. The summed E-state index contributed by atoms with van der Waals surface area (Å²) in [5, 5.41) is 0. The fraction of sp³-hybridized carbons (Fsp3) is 1.00. The molecular weight excluding hydrogens is 266 g/mol. The van der Waals surface area contributed by atoms with Crippen LogP contribution in [0.25, 0.3) is 0 Å². The lowest BCUT2D eigenvalue weighted by molar-refractivity contribution is -0.194. The zero-order chi connectivity index (χ0) is 15.8. The molecule has 0 bridgehead atoms. The van der Waals surface area contributed by atoms with Gasteiger partial charge in [0.25, 0.3) is 0 Å². The Kier molecular flexibility index (Phi) is 3.23. The summed E-state index contributed by atoms with van der Waals surface area (Å²) < 4.78 is 25.0. The molecule has 3 aliphatic rings. The fourth-order valence-corrected chi connectivity index (χ4v) is 3.23. The predicted molar refractivity (Wildman–Crippen MR) is 84.3 cm³/mol. The first-order chi connectivity index (χ1) is 9.36. The number of rotatable bonds is 1. The van der Waals surface area contributed by atoms with E-state index in [0.29, 0.717) is 0 Å². The van der Waals surface area contributed by atoms with Gasteiger partial charge in [0.2, 0.25) is 0 Å². The lowest BCUT2D eigenvalue weighted by Crippen LogP contribution is -2.70. The predicted octanol–water partition coefficient (Wildman–Crippen LogP) is 2.90. The van der Waals surface area contributed by atoms with E-state index in [2.05, 4.69) is 55.4 Å². The molecule has 0 spiro atoms. The standard InChI is InChI=1S/C15H28B2O4/c1-12(2)13(3,4)19-16-10(9-11(16)18-12)17-20-14(5,6)15(7,8)21-17/h10-11H,9H2,1-8H3. The Bertz CT molecular complexity index is 431. The molecule has 3 rings (SSSR count). The Morgan fingerprint density at radius 2 is 1.19 bits per heavy atom. The first kappa shape index (κ1) is 15.8. The molecule has 3 fully saturated rings. The summed E-state index contributed by atoms with van der Waals surface area (Å²) >= 11 is 0. The van der Waals surface area contributed by atoms with Crippen molar-refractivity contribution in [1.29, 1.82) is 0 Å². The second-order valence-corrected chi connectivity index (χ2v) is 8.78. The van der Waals surface area contributed by atoms with Crippen LogP contribution in [0.3, 0.4) is 0 Å². The molecule has 2 atom stereocenters. The molecule has 0 saturated carbocycles. The Labute approximate surface area is 129 Å². The summed E-state index contributed by atoms with van der Waals surface area (Å²) in [7, 11) is -0.197. The minimum Gasteiger partial charge on any atom is -0.426 e. The van der Waals surface area contributed by atoms with E-state index in [-0.39, 0.29) is 48.2 Å². The summed E-state index contributed by atoms with van der Waals surface area (Å²) in [5.41, 5.74) is -0.891. The SMILES string of the molecule is CC1(C)OB(C2CC3OC(C)(C)C(C)(C)OB32)OC1(C)C. The van der Waals surface area contributed by atoms with Gasteiger partial charge in [-0.25, -0.2) is 0 Å². The summed E-state index contributed by atoms with van der Waals surface area (Å²) in [5.74, 6) is 0. The van der Waals surface area contributed by atoms with Gasteiger partial charge in [-0.1, -0.05) is 0 Å². The third-order valence-electron chi connectivity index (χ3n) is 6.24. The van der Waals surface area contributed by atoms with Gasteiger partial charge in [0.15, 0.2) is 0 Å². The van der Waals surface area contributed by atoms with E-state index >= 15 is 0 Å². The van der Waals surface area contributed by atoms with Crippen molar-refractivity contribution in [2.45, 2.75) is 95.9 Å². The average Bonchev–Trinajstić information content (AvgIpc) is 2.48. The van der Waals surface area contributed by atoms with Crippen molar-refractivity contribution < 1.29 is 18.7 Å². The van der Waals surface area contributed by atoms with Crippen LogP contribution in [0.1, 0.15) is 61.8 Å². The molecule has 21 heavy (non-hydrogen) atoms. The van der Waals surface area contributed by atoms with E-state index in [1.807, 2.05) is 0 Å². The molecule has 0 aromatic heterocycles. The zero-order valence-corrected chi connectivity index (χ0v) is 14.6. The van der Waals surface area contributed by atoms with Crippen LogP contribution in [0.2, 0.25) is 5.72 Å². The highest BCUT2D eigenvalue weighted by atomic mass is 16.7. The molecule has 3 saturated heterocycles. The second-order valence-electron chi connectivity index (χ2n) is 8.78. The summed E-state index contributed by atoms with van der Waals surface area (Å²) in [6.45, 7) is 16.8. The normalized spacial score (nSPS) is 38.9. The quantitative estimate of drug-likeness (QED) is 0.697. The molecule has 0 aromatic carbocycles. The largest absolute Gasteiger partial charge is 0.456 e. The Hall–Kier alpha value is -0.0301. The fourth-order valence-electron chi connectivity index (χ4n) is 3.23. The third-order valence-corrected chi connectivity index (χ3v) is 6.24. The molecule has 6 heteroatoms. The molecule has 4 nitrogen and oxygen atoms in total. The highest BCUT2D eigenvalue weighted by molar-refractivity contribution is 6.75. The monoisotopic (exact) mass is 294 g/mol. The number of hydrogen-bond acceptors (Lipinski definition) is 4. The summed E-state index contributed by atoms with van der Waals surface area (Å²) in [6.07, 6.45) is 0.945. The number of hydrogen-bond donors (Lipinski definition) is 0. The molecule has 3 heterocycles. The maximum absolute atomic E-state index is 6.36. The minimum absolute atomic E-state index is 0.0720. The maximum Gasteiger partial charge on any atom is 0.456 e. The van der Waals surface area contributed by atoms with Crippen molar-refractivity contribution in [3.05, 3.63) is 0 Å². The topological polar surface area (TPSA) is 36.9 Å². The zero-order valence-electron chi connectivity index (χ0n) is 14.6. The van der Waals surface area contributed by atoms with Gasteiger partial charge in [0.05, 0.1) is 28.4 Å². The molecule has 3 aliphatic heterocycles. The van der Waals surface area contributed by atoms with Crippen LogP contribution in [0.4, 0.5) is 0 Å². The van der Waals surface area contributed by atoms with Crippen LogP contribution in [-0.2, 0) is 18.7 Å². The molecule has 0 N–H and O–H groups in total. The lowest BCUT2D eigenvalue weighted by Gasteiger charge is -2.57. The first-order valence-electron chi connectivity index (χ1n) is 8.08. The summed E-state index contributed by atoms with van der Waals surface area (Å²) in [6, 6.07) is 0.164. The van der Waals surface area contributed by atoms with E-state index in [4.69, 9.17) is 18.7 Å². The van der Waals surface area contributed by atoms with Gasteiger partial charge in [0, 0.05) is 5.72 Å². The molecule has 0 aromatic rings. The van der Waals surface area contributed by atoms with Crippen molar-refractivity contribution in [3.8, 4) is 0 Å². The third kappa shape index (κ3) is 2.21. The van der Waals surface area contributed by atoms with Crippen LogP contribution >= 0.6 is 0 Å². The molecule has 2 unspecified atom stereocenters. The molecular formula is C15H28B2O4. The van der Waals surface area contributed by atoms with Crippen molar-refractivity contribution in [2.24, 2.45) is 0 Å². The van der Waals surface area contributed by atoms with Crippen LogP contribution in [0, 0.1) is 0 Å². The number of fused-ring (bicyclic) bond motifs is 1. The van der Waals surface area contributed by atoms with Crippen LogP contribution in [0.15, 0.2) is 0 Å². The smallest absolute Gasteiger partial charge is 0.426 e. The highest BCUT2D eigenvalue weighted by Gasteiger charge is 2.66. The number of ether oxygens (including phenoxy) is 1. The van der Waals surface area contributed by atoms with Crippen LogP contribution in [-0.4, -0.2) is 42.4 Å². The van der Waals surface area contributed by atoms with Crippen LogP contribution in [0.5, 0.6) is 0 Å². The van der Waals surface area contributed by atoms with Gasteiger partial charge in [-0.15, -0.1) is 0 Å². The van der Waals surface area contributed by atoms with Crippen molar-refractivity contribution in [3.63, 3.8) is 0 Å². The van der Waals surface area contributed by atoms with Crippen molar-refractivity contribution in [1.82, 2.24) is 0 Å². The molecule has 0 aliphatic carbocycles. The molecule has 0 radical (unpaired) electrons. The lowest BCUT2D eigenvalue weighted by atomic mass is 9.28. The highest BCUT2D eigenvalue weighted by Crippen LogP contribution is 2.51. The maximum atomic E-state index is 6.36. The van der Waals surface area contributed by atoms with E-state index in [1.165, 1.54) is 0 Å². The average molecular weight is 294 g/mol. The molecule has 0 amide bonds. The van der Waals surface area contributed by atoms with Gasteiger partial charge >= 0.3 is 14.0 Å². The van der Waals surface area contributed by atoms with Gasteiger partial charge in [-0.3, -0.25) is 0 Å². The van der Waals surface area contributed by atoms with Gasteiger partial charge in [-0.05, 0) is 61.8 Å².